The highest BCUT2D eigenvalue weighted by Crippen LogP contribution is 2.21. The van der Waals surface area contributed by atoms with Gasteiger partial charge in [-0.25, -0.2) is 4.39 Å². The molecule has 0 atom stereocenters. The number of H-pyrrole nitrogens is 1. The van der Waals surface area contributed by atoms with Crippen LogP contribution in [0.2, 0.25) is 0 Å². The molecule has 1 aromatic heterocycles. The number of hydrogen-bond donors (Lipinski definition) is 2. The summed E-state index contributed by atoms with van der Waals surface area (Å²) < 4.78 is 12.7. The molecule has 0 saturated heterocycles. The second kappa shape index (κ2) is 4.24. The van der Waals surface area contributed by atoms with E-state index < -0.39 is 0 Å². The molecular formula is C11H10FN3O. The van der Waals surface area contributed by atoms with Gasteiger partial charge in [0.05, 0.1) is 24.0 Å². The van der Waals surface area contributed by atoms with Gasteiger partial charge < -0.3 is 5.73 Å². The lowest BCUT2D eigenvalue weighted by Gasteiger charge is -2.01. The summed E-state index contributed by atoms with van der Waals surface area (Å²) in [7, 11) is 0. The number of aromatic amines is 1. The summed E-state index contributed by atoms with van der Waals surface area (Å²) in [5.41, 5.74) is 6.98. The molecule has 3 N–H and O–H groups in total. The maximum atomic E-state index is 12.7. The van der Waals surface area contributed by atoms with E-state index in [1.165, 1.54) is 18.3 Å². The third-order valence-corrected chi connectivity index (χ3v) is 2.26. The maximum absolute atomic E-state index is 12.7. The van der Waals surface area contributed by atoms with Gasteiger partial charge >= 0.3 is 0 Å². The average Bonchev–Trinajstić information content (AvgIpc) is 2.78. The van der Waals surface area contributed by atoms with Gasteiger partial charge in [-0.3, -0.25) is 9.89 Å². The molecule has 4 nitrogen and oxygen atoms in total. The number of hydrogen-bond acceptors (Lipinski definition) is 3. The minimum Gasteiger partial charge on any atom is -0.324 e. The fraction of sp³-hybridized carbons (Fsp3) is 0.0909. The fourth-order valence-corrected chi connectivity index (χ4v) is 1.44. The van der Waals surface area contributed by atoms with Gasteiger partial charge in [-0.1, -0.05) is 0 Å². The average molecular weight is 219 g/mol. The Morgan fingerprint density at radius 2 is 2.06 bits per heavy atom. The summed E-state index contributed by atoms with van der Waals surface area (Å²) in [4.78, 5) is 11.5. The van der Waals surface area contributed by atoms with Crippen molar-refractivity contribution in [3.8, 4) is 11.3 Å². The lowest BCUT2D eigenvalue weighted by atomic mass is 10.1. The number of nitrogens with zero attached hydrogens (tertiary/aromatic N) is 1. The Kier molecular flexibility index (Phi) is 2.78. The zero-order valence-corrected chi connectivity index (χ0v) is 8.40. The summed E-state index contributed by atoms with van der Waals surface area (Å²) in [6, 6.07) is 5.81. The number of Topliss-reactive ketones (excluding diaryl/α,β-unsaturated/α-hetero) is 1. The number of benzene rings is 1. The van der Waals surface area contributed by atoms with E-state index in [0.29, 0.717) is 16.8 Å². The molecule has 0 spiro atoms. The number of nitrogens with two attached hydrogens (primary N) is 1. The first-order chi connectivity index (χ1) is 7.72. The highest BCUT2D eigenvalue weighted by Gasteiger charge is 2.13. The molecule has 0 radical (unpaired) electrons. The molecular weight excluding hydrogens is 209 g/mol. The highest BCUT2D eigenvalue weighted by atomic mass is 19.1. The van der Waals surface area contributed by atoms with E-state index in [2.05, 4.69) is 10.2 Å². The number of rotatable bonds is 3. The van der Waals surface area contributed by atoms with Crippen molar-refractivity contribution in [2.24, 2.45) is 5.73 Å². The SMILES string of the molecule is NCC(=O)c1cn[nH]c1-c1ccc(F)cc1. The number of ketones is 1. The Morgan fingerprint density at radius 1 is 1.38 bits per heavy atom. The molecule has 0 aliphatic heterocycles. The van der Waals surface area contributed by atoms with Crippen LogP contribution in [0.1, 0.15) is 10.4 Å². The molecule has 0 amide bonds. The van der Waals surface area contributed by atoms with Crippen LogP contribution < -0.4 is 5.73 Å². The molecule has 2 aromatic rings. The number of nitrogens with one attached hydrogen (secondary N) is 1. The van der Waals surface area contributed by atoms with Gasteiger partial charge in [-0.2, -0.15) is 5.10 Å². The topological polar surface area (TPSA) is 71.8 Å². The molecule has 16 heavy (non-hydrogen) atoms. The lowest BCUT2D eigenvalue weighted by molar-refractivity contribution is 0.100. The summed E-state index contributed by atoms with van der Waals surface area (Å²) in [6.45, 7) is -0.0757. The van der Waals surface area contributed by atoms with Gasteiger partial charge in [0.1, 0.15) is 5.82 Å². The van der Waals surface area contributed by atoms with Crippen molar-refractivity contribution in [2.75, 3.05) is 6.54 Å². The Hall–Kier alpha value is -2.01. The van der Waals surface area contributed by atoms with Crippen molar-refractivity contribution in [2.45, 2.75) is 0 Å². The Morgan fingerprint density at radius 3 is 2.69 bits per heavy atom. The summed E-state index contributed by atoms with van der Waals surface area (Å²) in [5.74, 6) is -0.525. The number of carbonyl (C=O) groups excluding carboxylic acids is 1. The van der Waals surface area contributed by atoms with Crippen LogP contribution in [0.3, 0.4) is 0 Å². The third kappa shape index (κ3) is 1.85. The molecule has 2 rings (SSSR count). The van der Waals surface area contributed by atoms with Crippen LogP contribution in [0.15, 0.2) is 30.5 Å². The number of halogens is 1. The van der Waals surface area contributed by atoms with Crippen LogP contribution in [0, 0.1) is 5.82 Å². The largest absolute Gasteiger partial charge is 0.324 e. The molecule has 1 heterocycles. The quantitative estimate of drug-likeness (QED) is 0.765. The molecule has 82 valence electrons. The van der Waals surface area contributed by atoms with E-state index in [-0.39, 0.29) is 18.1 Å². The smallest absolute Gasteiger partial charge is 0.180 e. The molecule has 0 aliphatic carbocycles. The zero-order chi connectivity index (χ0) is 11.5. The zero-order valence-electron chi connectivity index (χ0n) is 8.40. The van der Waals surface area contributed by atoms with E-state index in [9.17, 15) is 9.18 Å². The van der Waals surface area contributed by atoms with Crippen molar-refractivity contribution >= 4 is 5.78 Å². The van der Waals surface area contributed by atoms with E-state index >= 15 is 0 Å². The fourth-order valence-electron chi connectivity index (χ4n) is 1.44. The van der Waals surface area contributed by atoms with E-state index in [1.807, 2.05) is 0 Å². The Bertz CT molecular complexity index is 504. The van der Waals surface area contributed by atoms with Gasteiger partial charge in [0.15, 0.2) is 5.78 Å². The van der Waals surface area contributed by atoms with Gasteiger partial charge in [0.25, 0.3) is 0 Å². The van der Waals surface area contributed by atoms with Crippen molar-refractivity contribution in [3.63, 3.8) is 0 Å². The molecule has 5 heteroatoms. The van der Waals surface area contributed by atoms with Crippen LogP contribution in [0.5, 0.6) is 0 Å². The van der Waals surface area contributed by atoms with E-state index in [4.69, 9.17) is 5.73 Å². The van der Waals surface area contributed by atoms with Crippen molar-refractivity contribution in [3.05, 3.63) is 41.8 Å². The van der Waals surface area contributed by atoms with Crippen LogP contribution in [-0.2, 0) is 0 Å². The molecule has 0 fully saturated rings. The van der Waals surface area contributed by atoms with Crippen LogP contribution in [-0.4, -0.2) is 22.5 Å². The first kappa shape index (κ1) is 10.5. The minimum absolute atomic E-state index is 0.0757. The predicted octanol–water partition coefficient (Wildman–Crippen LogP) is 1.36. The van der Waals surface area contributed by atoms with Gasteiger partial charge in [0, 0.05) is 5.56 Å². The van der Waals surface area contributed by atoms with Crippen LogP contribution in [0.4, 0.5) is 4.39 Å². The standard InChI is InChI=1S/C11H10FN3O/c12-8-3-1-7(2-4-8)11-9(6-14-15-11)10(16)5-13/h1-4,6H,5,13H2,(H,14,15). The van der Waals surface area contributed by atoms with E-state index in [1.54, 1.807) is 12.1 Å². The predicted molar refractivity (Wildman–Crippen MR) is 57.4 cm³/mol. The first-order valence-corrected chi connectivity index (χ1v) is 4.75. The van der Waals surface area contributed by atoms with Crippen molar-refractivity contribution < 1.29 is 9.18 Å². The summed E-state index contributed by atoms with van der Waals surface area (Å²) in [6.07, 6.45) is 1.42. The van der Waals surface area contributed by atoms with Crippen LogP contribution in [0.25, 0.3) is 11.3 Å². The molecule has 0 aliphatic rings. The molecule has 0 bridgehead atoms. The van der Waals surface area contributed by atoms with Gasteiger partial charge in [-0.15, -0.1) is 0 Å². The van der Waals surface area contributed by atoms with Crippen LogP contribution >= 0.6 is 0 Å². The van der Waals surface area contributed by atoms with Gasteiger partial charge in [-0.05, 0) is 24.3 Å². The van der Waals surface area contributed by atoms with Gasteiger partial charge in [0.2, 0.25) is 0 Å². The Balaban J connectivity index is 2.44. The first-order valence-electron chi connectivity index (χ1n) is 4.75. The summed E-state index contributed by atoms with van der Waals surface area (Å²) in [5, 5.41) is 6.50. The van der Waals surface area contributed by atoms with E-state index in [0.717, 1.165) is 0 Å². The Labute approximate surface area is 91.3 Å². The molecule has 0 saturated carbocycles. The van der Waals surface area contributed by atoms with Crippen molar-refractivity contribution in [1.29, 1.82) is 0 Å². The monoisotopic (exact) mass is 219 g/mol. The molecule has 1 aromatic carbocycles. The number of aromatic nitrogens is 2. The molecule has 0 unspecified atom stereocenters. The van der Waals surface area contributed by atoms with Crippen molar-refractivity contribution in [1.82, 2.24) is 10.2 Å². The second-order valence-electron chi connectivity index (χ2n) is 3.29. The normalized spacial score (nSPS) is 10.4. The lowest BCUT2D eigenvalue weighted by Crippen LogP contribution is -2.13. The maximum Gasteiger partial charge on any atom is 0.180 e. The minimum atomic E-state index is -0.324. The third-order valence-electron chi connectivity index (χ3n) is 2.26. The summed E-state index contributed by atoms with van der Waals surface area (Å²) >= 11 is 0. The highest BCUT2D eigenvalue weighted by molar-refractivity contribution is 6.02. The number of carbonyl (C=O) groups is 1. The second-order valence-corrected chi connectivity index (χ2v) is 3.29.